The number of benzene rings is 2. The Morgan fingerprint density at radius 1 is 1.03 bits per heavy atom. The minimum Gasteiger partial charge on any atom is -0.495 e. The number of hydrogen-bond donors (Lipinski definition) is 0. The number of carbonyl (C=O) groups is 1. The van der Waals surface area contributed by atoms with Crippen LogP contribution in [-0.2, 0) is 4.79 Å². The Morgan fingerprint density at radius 2 is 1.71 bits per heavy atom. The Labute approximate surface area is 197 Å². The van der Waals surface area contributed by atoms with Crippen LogP contribution in [0.15, 0.2) is 47.4 Å². The fourth-order valence-corrected chi connectivity index (χ4v) is 4.90. The van der Waals surface area contributed by atoms with Crippen LogP contribution in [0.3, 0.4) is 0 Å². The predicted molar refractivity (Wildman–Crippen MR) is 133 cm³/mol. The van der Waals surface area contributed by atoms with Gasteiger partial charge in [-0.05, 0) is 38.4 Å². The number of amides is 1. The van der Waals surface area contributed by atoms with Crippen LogP contribution in [0, 0.1) is 0 Å². The quantitative estimate of drug-likeness (QED) is 0.387. The van der Waals surface area contributed by atoms with E-state index in [4.69, 9.17) is 14.5 Å². The Balaban J connectivity index is 0.00000341. The largest absolute Gasteiger partial charge is 0.495 e. The minimum absolute atomic E-state index is 0. The highest BCUT2D eigenvalue weighted by molar-refractivity contribution is 7.99. The van der Waals surface area contributed by atoms with Gasteiger partial charge < -0.3 is 14.4 Å². The fraction of sp³-hybridized carbons (Fsp3) is 0.364. The van der Waals surface area contributed by atoms with Crippen LogP contribution in [0.25, 0.3) is 10.2 Å². The molecule has 31 heavy (non-hydrogen) atoms. The van der Waals surface area contributed by atoms with Crippen molar-refractivity contribution < 1.29 is 14.3 Å². The lowest BCUT2D eigenvalue weighted by Crippen LogP contribution is -2.36. The summed E-state index contributed by atoms with van der Waals surface area (Å²) < 4.78 is 11.8. The summed E-state index contributed by atoms with van der Waals surface area (Å²) >= 11 is 3.15. The average molecular weight is 482 g/mol. The van der Waals surface area contributed by atoms with E-state index >= 15 is 0 Å². The maximum absolute atomic E-state index is 13.1. The van der Waals surface area contributed by atoms with Crippen LogP contribution in [0.4, 0.5) is 5.13 Å². The first-order chi connectivity index (χ1) is 14.5. The summed E-state index contributed by atoms with van der Waals surface area (Å²) in [6, 6.07) is 13.8. The van der Waals surface area contributed by atoms with Gasteiger partial charge in [0.1, 0.15) is 21.7 Å². The molecule has 0 N–H and O–H groups in total. The van der Waals surface area contributed by atoms with Crippen LogP contribution in [0.5, 0.6) is 11.5 Å². The molecule has 2 aromatic carbocycles. The molecule has 0 aliphatic carbocycles. The lowest BCUT2D eigenvalue weighted by atomic mass is 10.3. The van der Waals surface area contributed by atoms with Crippen LogP contribution in [0.1, 0.15) is 6.42 Å². The molecule has 0 saturated carbocycles. The topological polar surface area (TPSA) is 54.9 Å². The van der Waals surface area contributed by atoms with E-state index in [-0.39, 0.29) is 18.3 Å². The number of ether oxygens (including phenoxy) is 2. The third kappa shape index (κ3) is 6.49. The SMILES string of the molecule is COc1ccc(OC)c2sc(N(CCN(C)C)C(=O)CCSc3ccccc3)nc12.Cl. The van der Waals surface area contributed by atoms with Crippen molar-refractivity contribution in [2.24, 2.45) is 0 Å². The molecule has 0 fully saturated rings. The van der Waals surface area contributed by atoms with Crippen molar-refractivity contribution in [1.82, 2.24) is 9.88 Å². The molecule has 0 spiro atoms. The average Bonchev–Trinajstić information content (AvgIpc) is 3.18. The number of nitrogens with zero attached hydrogens (tertiary/aromatic N) is 3. The van der Waals surface area contributed by atoms with Crippen molar-refractivity contribution in [3.05, 3.63) is 42.5 Å². The van der Waals surface area contributed by atoms with Gasteiger partial charge in [0, 0.05) is 30.2 Å². The predicted octanol–water partition coefficient (Wildman–Crippen LogP) is 4.81. The number of hydrogen-bond acceptors (Lipinski definition) is 7. The van der Waals surface area contributed by atoms with E-state index in [0.717, 1.165) is 28.3 Å². The van der Waals surface area contributed by atoms with Crippen LogP contribution >= 0.6 is 35.5 Å². The maximum atomic E-state index is 13.1. The van der Waals surface area contributed by atoms with Crippen LogP contribution in [0.2, 0.25) is 0 Å². The molecule has 9 heteroatoms. The molecule has 1 heterocycles. The first-order valence-corrected chi connectivity index (χ1v) is 11.5. The highest BCUT2D eigenvalue weighted by Crippen LogP contribution is 2.40. The van der Waals surface area contributed by atoms with Gasteiger partial charge in [-0.2, -0.15) is 0 Å². The van der Waals surface area contributed by atoms with Crippen molar-refractivity contribution in [3.63, 3.8) is 0 Å². The number of carbonyl (C=O) groups excluding carboxylic acids is 1. The number of fused-ring (bicyclic) bond motifs is 1. The Hall–Kier alpha value is -2.00. The first kappa shape index (κ1) is 25.3. The summed E-state index contributed by atoms with van der Waals surface area (Å²) in [5, 5.41) is 0.671. The molecule has 0 atom stereocenters. The lowest BCUT2D eigenvalue weighted by molar-refractivity contribution is -0.118. The van der Waals surface area contributed by atoms with Gasteiger partial charge in [0.2, 0.25) is 5.91 Å². The number of rotatable bonds is 10. The Bertz CT molecular complexity index is 942. The standard InChI is InChI=1S/C22H27N3O3S2.ClH/c1-24(2)13-14-25(19(26)12-15-29-16-8-6-5-7-9-16)22-23-20-17(27-3)10-11-18(28-4)21(20)30-22;/h5-11H,12-15H2,1-4H3;1H. The van der Waals surface area contributed by atoms with Gasteiger partial charge in [0.05, 0.1) is 14.2 Å². The normalized spacial score (nSPS) is 10.7. The lowest BCUT2D eigenvalue weighted by Gasteiger charge is -2.22. The molecule has 0 unspecified atom stereocenters. The van der Waals surface area contributed by atoms with E-state index in [2.05, 4.69) is 17.0 Å². The number of thiazole rings is 1. The second-order valence-electron chi connectivity index (χ2n) is 6.90. The second kappa shape index (κ2) is 12.1. The number of thioether (sulfide) groups is 1. The fourth-order valence-electron chi connectivity index (χ4n) is 2.92. The Kier molecular flexibility index (Phi) is 9.90. The molecular weight excluding hydrogens is 454 g/mol. The van der Waals surface area contributed by atoms with Crippen molar-refractivity contribution in [2.75, 3.05) is 52.1 Å². The van der Waals surface area contributed by atoms with Gasteiger partial charge in [-0.1, -0.05) is 29.5 Å². The molecule has 3 aromatic rings. The van der Waals surface area contributed by atoms with E-state index in [1.807, 2.05) is 44.4 Å². The molecular formula is C22H28ClN3O3S2. The number of aromatic nitrogens is 1. The zero-order chi connectivity index (χ0) is 21.5. The van der Waals surface area contributed by atoms with Gasteiger partial charge in [0.15, 0.2) is 5.13 Å². The Morgan fingerprint density at radius 3 is 2.35 bits per heavy atom. The van der Waals surface area contributed by atoms with Crippen LogP contribution < -0.4 is 14.4 Å². The minimum atomic E-state index is 0. The third-order valence-electron chi connectivity index (χ3n) is 4.53. The molecule has 0 bridgehead atoms. The zero-order valence-corrected chi connectivity index (χ0v) is 20.6. The summed E-state index contributed by atoms with van der Waals surface area (Å²) in [6.45, 7) is 1.33. The van der Waals surface area contributed by atoms with Gasteiger partial charge in [-0.25, -0.2) is 4.98 Å². The molecule has 0 saturated heterocycles. The van der Waals surface area contributed by atoms with Gasteiger partial charge in [-0.3, -0.25) is 9.69 Å². The van der Waals surface area contributed by atoms with Gasteiger partial charge >= 0.3 is 0 Å². The molecule has 168 valence electrons. The smallest absolute Gasteiger partial charge is 0.229 e. The van der Waals surface area contributed by atoms with Crippen molar-refractivity contribution >= 4 is 56.8 Å². The van der Waals surface area contributed by atoms with Crippen molar-refractivity contribution in [1.29, 1.82) is 0 Å². The van der Waals surface area contributed by atoms with E-state index in [0.29, 0.717) is 23.8 Å². The highest BCUT2D eigenvalue weighted by atomic mass is 35.5. The summed E-state index contributed by atoms with van der Waals surface area (Å²) in [7, 11) is 7.25. The third-order valence-corrected chi connectivity index (χ3v) is 6.64. The van der Waals surface area contributed by atoms with Crippen molar-refractivity contribution in [3.8, 4) is 11.5 Å². The van der Waals surface area contributed by atoms with Gasteiger partial charge in [0.25, 0.3) is 0 Å². The summed E-state index contributed by atoms with van der Waals surface area (Å²) in [5.74, 6) is 2.19. The highest BCUT2D eigenvalue weighted by Gasteiger charge is 2.22. The van der Waals surface area contributed by atoms with E-state index in [1.54, 1.807) is 30.9 Å². The summed E-state index contributed by atoms with van der Waals surface area (Å²) in [5.41, 5.74) is 0.721. The molecule has 0 aliphatic rings. The maximum Gasteiger partial charge on any atom is 0.229 e. The van der Waals surface area contributed by atoms with Crippen molar-refractivity contribution in [2.45, 2.75) is 11.3 Å². The molecule has 1 amide bonds. The molecule has 1 aromatic heterocycles. The number of halogens is 1. The van der Waals surface area contributed by atoms with Gasteiger partial charge in [-0.15, -0.1) is 24.2 Å². The van der Waals surface area contributed by atoms with Crippen LogP contribution in [-0.4, -0.2) is 62.9 Å². The molecule has 0 aliphatic heterocycles. The number of anilines is 1. The first-order valence-electron chi connectivity index (χ1n) is 9.68. The molecule has 0 radical (unpaired) electrons. The van der Waals surface area contributed by atoms with E-state index in [9.17, 15) is 4.79 Å². The summed E-state index contributed by atoms with van der Waals surface area (Å²) in [6.07, 6.45) is 0.442. The monoisotopic (exact) mass is 481 g/mol. The number of likely N-dealkylation sites (N-methyl/N-ethyl adjacent to an activating group) is 1. The summed E-state index contributed by atoms with van der Waals surface area (Å²) in [4.78, 5) is 22.9. The second-order valence-corrected chi connectivity index (χ2v) is 9.05. The van der Waals surface area contributed by atoms with E-state index in [1.165, 1.54) is 16.2 Å². The number of methoxy groups -OCH3 is 2. The van der Waals surface area contributed by atoms with E-state index < -0.39 is 0 Å². The molecule has 3 rings (SSSR count). The molecule has 6 nitrogen and oxygen atoms in total. The zero-order valence-electron chi connectivity index (χ0n) is 18.2.